The Bertz CT molecular complexity index is 1860. The highest BCUT2D eigenvalue weighted by atomic mass is 32.1. The number of allylic oxidation sites excluding steroid dienone is 1. The number of nitrogens with zero attached hydrogens (tertiary/aromatic N) is 2. The third-order valence-electron chi connectivity index (χ3n) is 6.57. The molecule has 1 aliphatic rings. The van der Waals surface area contributed by atoms with Gasteiger partial charge in [-0.2, -0.15) is 0 Å². The number of carbonyl (C=O) groups is 2. The fraction of sp³-hybridized carbons (Fsp3) is 0.200. The van der Waals surface area contributed by atoms with Crippen molar-refractivity contribution < 1.29 is 33.3 Å². The number of esters is 1. The first-order chi connectivity index (χ1) is 19.7. The number of aromatic nitrogens is 1. The maximum atomic E-state index is 13.9. The molecule has 210 valence electrons. The molecule has 2 aromatic heterocycles. The molecule has 0 bridgehead atoms. The van der Waals surface area contributed by atoms with Crippen molar-refractivity contribution in [2.24, 2.45) is 4.99 Å². The van der Waals surface area contributed by atoms with E-state index < -0.39 is 18.0 Å². The maximum absolute atomic E-state index is 13.9. The van der Waals surface area contributed by atoms with E-state index in [2.05, 4.69) is 4.99 Å². The van der Waals surface area contributed by atoms with E-state index in [9.17, 15) is 14.4 Å². The van der Waals surface area contributed by atoms with Gasteiger partial charge in [-0.1, -0.05) is 23.5 Å². The lowest BCUT2D eigenvalue weighted by atomic mass is 9.95. The second-order valence-corrected chi connectivity index (χ2v) is 10.0. The molecular weight excluding hydrogens is 548 g/mol. The molecule has 4 aromatic rings. The van der Waals surface area contributed by atoms with Crippen molar-refractivity contribution in [1.82, 2.24) is 4.57 Å². The first-order valence-electron chi connectivity index (χ1n) is 12.6. The smallest absolute Gasteiger partial charge is 0.338 e. The predicted octanol–water partition coefficient (Wildman–Crippen LogP) is 3.77. The summed E-state index contributed by atoms with van der Waals surface area (Å²) in [4.78, 5) is 43.2. The van der Waals surface area contributed by atoms with E-state index in [-0.39, 0.29) is 23.3 Å². The summed E-state index contributed by atoms with van der Waals surface area (Å²) in [7, 11) is 3.04. The molecule has 0 radical (unpaired) electrons. The highest BCUT2D eigenvalue weighted by Gasteiger charge is 2.35. The van der Waals surface area contributed by atoms with Gasteiger partial charge in [0.25, 0.3) is 5.56 Å². The molecule has 0 saturated carbocycles. The summed E-state index contributed by atoms with van der Waals surface area (Å²) in [6, 6.07) is 14.1. The summed E-state index contributed by atoms with van der Waals surface area (Å²) in [6.45, 7) is 3.58. The van der Waals surface area contributed by atoms with Gasteiger partial charge in [-0.3, -0.25) is 9.36 Å². The standard InChI is InChI=1S/C30H26N2O8S/c1-5-39-29(36)25-16(2)31-30-32(26(25)21-12-10-19(37-3)14-23(21)38-4)27(33)24(41-30)15-20-11-13-22(40-20)17-6-8-18(9-7-17)28(34)35/h6-15,26H,5H2,1-4H3,(H,34,35)/b24-15-/t26-/m0/s1. The van der Waals surface area contributed by atoms with Crippen molar-refractivity contribution in [2.75, 3.05) is 20.8 Å². The van der Waals surface area contributed by atoms with Crippen LogP contribution in [0, 0.1) is 0 Å². The molecule has 2 aromatic carbocycles. The lowest BCUT2D eigenvalue weighted by Crippen LogP contribution is -2.40. The molecule has 41 heavy (non-hydrogen) atoms. The number of benzene rings is 2. The number of thiazole rings is 1. The first-order valence-corrected chi connectivity index (χ1v) is 13.4. The van der Waals surface area contributed by atoms with E-state index in [0.29, 0.717) is 49.2 Å². The molecule has 0 spiro atoms. The topological polar surface area (TPSA) is 130 Å². The number of aromatic carboxylic acids is 1. The maximum Gasteiger partial charge on any atom is 0.338 e. The number of ether oxygens (including phenoxy) is 3. The lowest BCUT2D eigenvalue weighted by molar-refractivity contribution is -0.139. The van der Waals surface area contributed by atoms with Gasteiger partial charge in [0.1, 0.15) is 29.1 Å². The fourth-order valence-corrected chi connectivity index (χ4v) is 5.65. The van der Waals surface area contributed by atoms with Gasteiger partial charge in [-0.05, 0) is 50.2 Å². The number of hydrogen-bond acceptors (Lipinski definition) is 9. The van der Waals surface area contributed by atoms with Gasteiger partial charge in [-0.15, -0.1) is 0 Å². The van der Waals surface area contributed by atoms with Gasteiger partial charge in [-0.25, -0.2) is 14.6 Å². The fourth-order valence-electron chi connectivity index (χ4n) is 4.62. The highest BCUT2D eigenvalue weighted by molar-refractivity contribution is 7.07. The van der Waals surface area contributed by atoms with Crippen molar-refractivity contribution in [1.29, 1.82) is 0 Å². The van der Waals surface area contributed by atoms with E-state index in [0.717, 1.165) is 0 Å². The van der Waals surface area contributed by atoms with Crippen LogP contribution in [0.15, 0.2) is 80.1 Å². The highest BCUT2D eigenvalue weighted by Crippen LogP contribution is 2.37. The van der Waals surface area contributed by atoms with Crippen molar-refractivity contribution in [3.05, 3.63) is 102 Å². The molecule has 0 amide bonds. The van der Waals surface area contributed by atoms with Crippen LogP contribution in [0.1, 0.15) is 41.6 Å². The zero-order valence-corrected chi connectivity index (χ0v) is 23.5. The molecule has 1 atom stereocenters. The SMILES string of the molecule is CCOC(=O)C1=C(C)N=c2s/c(=C\c3ccc(-c4ccc(C(=O)O)cc4)o3)c(=O)n2[C@H]1c1ccc(OC)cc1OC. The molecule has 3 heterocycles. The number of rotatable bonds is 8. The minimum atomic E-state index is -1.01. The Hall–Kier alpha value is -4.90. The number of carbonyl (C=O) groups excluding carboxylic acids is 1. The molecule has 0 fully saturated rings. The Balaban J connectivity index is 1.63. The number of methoxy groups -OCH3 is 2. The minimum absolute atomic E-state index is 0.159. The van der Waals surface area contributed by atoms with Crippen LogP contribution in [0.3, 0.4) is 0 Å². The molecule has 10 nitrogen and oxygen atoms in total. The summed E-state index contributed by atoms with van der Waals surface area (Å²) in [5, 5.41) is 9.14. The largest absolute Gasteiger partial charge is 0.497 e. The van der Waals surface area contributed by atoms with E-state index in [4.69, 9.17) is 23.7 Å². The van der Waals surface area contributed by atoms with E-state index >= 15 is 0 Å². The van der Waals surface area contributed by atoms with Gasteiger partial charge in [0.05, 0.1) is 42.2 Å². The number of fused-ring (bicyclic) bond motifs is 1. The second-order valence-electron chi connectivity index (χ2n) is 8.99. The van der Waals surface area contributed by atoms with Crippen molar-refractivity contribution in [3.8, 4) is 22.8 Å². The van der Waals surface area contributed by atoms with Crippen LogP contribution >= 0.6 is 11.3 Å². The molecule has 0 aliphatic carbocycles. The average Bonchev–Trinajstić information content (AvgIpc) is 3.56. The zero-order valence-electron chi connectivity index (χ0n) is 22.7. The number of furan rings is 1. The number of carboxylic acid groups (broad SMARTS) is 1. The average molecular weight is 575 g/mol. The van der Waals surface area contributed by atoms with Gasteiger partial charge in [0.15, 0.2) is 4.80 Å². The third-order valence-corrected chi connectivity index (χ3v) is 7.55. The van der Waals surface area contributed by atoms with Crippen LogP contribution in [0.25, 0.3) is 17.4 Å². The molecular formula is C30H26N2O8S. The minimum Gasteiger partial charge on any atom is -0.497 e. The first kappa shape index (κ1) is 27.7. The summed E-state index contributed by atoms with van der Waals surface area (Å²) < 4.78 is 24.1. The molecule has 0 saturated heterocycles. The molecule has 0 unspecified atom stereocenters. The molecule has 1 aliphatic heterocycles. The summed E-state index contributed by atoms with van der Waals surface area (Å²) in [5.74, 6) is 0.344. The van der Waals surface area contributed by atoms with Gasteiger partial charge in [0.2, 0.25) is 0 Å². The zero-order chi connectivity index (χ0) is 29.3. The summed E-state index contributed by atoms with van der Waals surface area (Å²) >= 11 is 1.17. The Morgan fingerprint density at radius 2 is 1.85 bits per heavy atom. The Morgan fingerprint density at radius 1 is 1.10 bits per heavy atom. The third kappa shape index (κ3) is 5.19. The Labute approximate surface area is 238 Å². The molecule has 5 rings (SSSR count). The van der Waals surface area contributed by atoms with E-state index in [1.54, 1.807) is 62.4 Å². The molecule has 1 N–H and O–H groups in total. The number of carboxylic acids is 1. The van der Waals surface area contributed by atoms with Crippen molar-refractivity contribution in [2.45, 2.75) is 19.9 Å². The monoisotopic (exact) mass is 574 g/mol. The van der Waals surface area contributed by atoms with Crippen LogP contribution < -0.4 is 24.4 Å². The van der Waals surface area contributed by atoms with Crippen molar-refractivity contribution >= 4 is 29.4 Å². The normalized spacial score (nSPS) is 14.8. The number of hydrogen-bond donors (Lipinski definition) is 1. The summed E-state index contributed by atoms with van der Waals surface area (Å²) in [6.07, 6.45) is 1.62. The molecule has 11 heteroatoms. The Morgan fingerprint density at radius 3 is 2.51 bits per heavy atom. The van der Waals surface area contributed by atoms with E-state index in [1.165, 1.54) is 42.3 Å². The quantitative estimate of drug-likeness (QED) is 0.315. The van der Waals surface area contributed by atoms with Crippen LogP contribution in [0.4, 0.5) is 0 Å². The summed E-state index contributed by atoms with van der Waals surface area (Å²) in [5.41, 5.74) is 1.74. The predicted molar refractivity (Wildman–Crippen MR) is 151 cm³/mol. The Kier molecular flexibility index (Phi) is 7.62. The van der Waals surface area contributed by atoms with Gasteiger partial charge >= 0.3 is 11.9 Å². The van der Waals surface area contributed by atoms with Crippen molar-refractivity contribution in [3.63, 3.8) is 0 Å². The van der Waals surface area contributed by atoms with E-state index in [1.807, 2.05) is 0 Å². The van der Waals surface area contributed by atoms with Crippen LogP contribution in [0.5, 0.6) is 11.5 Å². The van der Waals surface area contributed by atoms with Gasteiger partial charge in [0, 0.05) is 23.3 Å². The van der Waals surface area contributed by atoms with Crippen LogP contribution in [-0.2, 0) is 9.53 Å². The lowest BCUT2D eigenvalue weighted by Gasteiger charge is -2.26. The second kappa shape index (κ2) is 11.3. The van der Waals surface area contributed by atoms with Crippen LogP contribution in [0.2, 0.25) is 0 Å². The van der Waals surface area contributed by atoms with Gasteiger partial charge < -0.3 is 23.7 Å². The van der Waals surface area contributed by atoms with Crippen LogP contribution in [-0.4, -0.2) is 42.4 Å².